The summed E-state index contributed by atoms with van der Waals surface area (Å²) in [5.41, 5.74) is 0.883. The molecule has 3 rings (SSSR count). The highest BCUT2D eigenvalue weighted by molar-refractivity contribution is 6.02. The Bertz CT molecular complexity index is 1010. The third-order valence-electron chi connectivity index (χ3n) is 4.06. The lowest BCUT2D eigenvalue weighted by atomic mass is 9.95. The van der Waals surface area contributed by atoms with Gasteiger partial charge in [-0.2, -0.15) is 0 Å². The van der Waals surface area contributed by atoms with Gasteiger partial charge in [-0.1, -0.05) is 26.8 Å². The van der Waals surface area contributed by atoms with Crippen LogP contribution in [0.15, 0.2) is 57.7 Å². The van der Waals surface area contributed by atoms with Crippen molar-refractivity contribution in [2.24, 2.45) is 5.41 Å². The predicted molar refractivity (Wildman–Crippen MR) is 103 cm³/mol. The molecule has 0 aliphatic rings. The van der Waals surface area contributed by atoms with E-state index < -0.39 is 5.41 Å². The van der Waals surface area contributed by atoms with Gasteiger partial charge in [0.15, 0.2) is 5.43 Å². The number of amides is 1. The summed E-state index contributed by atoms with van der Waals surface area (Å²) in [5, 5.41) is 3.19. The van der Waals surface area contributed by atoms with Crippen LogP contribution in [-0.2, 0) is 4.79 Å². The van der Waals surface area contributed by atoms with Crippen LogP contribution in [-0.4, -0.2) is 13.0 Å². The molecule has 3 aromatic rings. The number of benzene rings is 2. The van der Waals surface area contributed by atoms with Crippen molar-refractivity contribution in [3.63, 3.8) is 0 Å². The summed E-state index contributed by atoms with van der Waals surface area (Å²) < 4.78 is 11.1. The number of hydrogen-bond acceptors (Lipinski definition) is 4. The van der Waals surface area contributed by atoms with Gasteiger partial charge in [0.1, 0.15) is 17.1 Å². The first-order chi connectivity index (χ1) is 12.3. The fourth-order valence-electron chi connectivity index (χ4n) is 2.52. The Kier molecular flexibility index (Phi) is 4.55. The molecule has 0 aliphatic heterocycles. The Hall–Kier alpha value is -3.08. The van der Waals surface area contributed by atoms with Crippen molar-refractivity contribution in [2.45, 2.75) is 20.8 Å². The maximum atomic E-state index is 12.7. The largest absolute Gasteiger partial charge is 0.497 e. The Balaban J connectivity index is 2.07. The van der Waals surface area contributed by atoms with Crippen molar-refractivity contribution in [1.82, 2.24) is 0 Å². The van der Waals surface area contributed by atoms with Crippen LogP contribution in [0, 0.1) is 5.41 Å². The second-order valence-corrected chi connectivity index (χ2v) is 7.09. The number of methoxy groups -OCH3 is 1. The number of carbonyl (C=O) groups excluding carboxylic acids is 1. The lowest BCUT2D eigenvalue weighted by Gasteiger charge is -2.18. The number of nitrogens with one attached hydrogen (secondary N) is 1. The van der Waals surface area contributed by atoms with Crippen LogP contribution in [0.2, 0.25) is 0 Å². The smallest absolute Gasteiger partial charge is 0.229 e. The lowest BCUT2D eigenvalue weighted by molar-refractivity contribution is -0.123. The predicted octanol–water partition coefficient (Wildman–Crippen LogP) is 4.45. The summed E-state index contributed by atoms with van der Waals surface area (Å²) in [6, 6.07) is 13.9. The normalized spacial score (nSPS) is 11.4. The summed E-state index contributed by atoms with van der Waals surface area (Å²) in [5.74, 6) is 1.03. The summed E-state index contributed by atoms with van der Waals surface area (Å²) in [6.45, 7) is 5.45. The fraction of sp³-hybridized carbons (Fsp3) is 0.238. The fourth-order valence-corrected chi connectivity index (χ4v) is 2.52. The van der Waals surface area contributed by atoms with Crippen LogP contribution in [0.1, 0.15) is 20.8 Å². The van der Waals surface area contributed by atoms with Crippen LogP contribution >= 0.6 is 0 Å². The highest BCUT2D eigenvalue weighted by atomic mass is 16.5. The molecule has 0 bridgehead atoms. The second kappa shape index (κ2) is 6.67. The molecule has 1 amide bonds. The van der Waals surface area contributed by atoms with E-state index in [-0.39, 0.29) is 11.3 Å². The van der Waals surface area contributed by atoms with Crippen LogP contribution in [0.4, 0.5) is 5.69 Å². The number of hydrogen-bond donors (Lipinski definition) is 1. The van der Waals surface area contributed by atoms with Crippen molar-refractivity contribution in [3.8, 4) is 17.1 Å². The van der Waals surface area contributed by atoms with Gasteiger partial charge < -0.3 is 14.5 Å². The van der Waals surface area contributed by atoms with E-state index in [4.69, 9.17) is 9.15 Å². The first-order valence-corrected chi connectivity index (χ1v) is 8.32. The lowest BCUT2D eigenvalue weighted by Crippen LogP contribution is -2.28. The monoisotopic (exact) mass is 351 g/mol. The van der Waals surface area contributed by atoms with Crippen LogP contribution < -0.4 is 15.5 Å². The standard InChI is InChI=1S/C21H21NO4/c1-21(2,3)20(24)22-15-6-5-7-17-19(15)16(23)12-18(26-17)13-8-10-14(25-4)11-9-13/h5-12H,1-4H3,(H,22,24). The summed E-state index contributed by atoms with van der Waals surface area (Å²) in [6.07, 6.45) is 0. The molecule has 0 spiro atoms. The minimum Gasteiger partial charge on any atom is -0.497 e. The van der Waals surface area contributed by atoms with Crippen LogP contribution in [0.3, 0.4) is 0 Å². The average Bonchev–Trinajstić information content (AvgIpc) is 2.60. The van der Waals surface area contributed by atoms with Gasteiger partial charge in [-0.15, -0.1) is 0 Å². The van der Waals surface area contributed by atoms with Crippen molar-refractivity contribution in [3.05, 3.63) is 58.8 Å². The molecule has 1 aromatic heterocycles. The van der Waals surface area contributed by atoms with Gasteiger partial charge in [0.2, 0.25) is 5.91 Å². The van der Waals surface area contributed by atoms with Crippen molar-refractivity contribution < 1.29 is 13.9 Å². The van der Waals surface area contributed by atoms with Gasteiger partial charge in [0.25, 0.3) is 0 Å². The van der Waals surface area contributed by atoms with E-state index in [1.807, 2.05) is 32.9 Å². The highest BCUT2D eigenvalue weighted by Gasteiger charge is 2.22. The van der Waals surface area contributed by atoms with E-state index in [2.05, 4.69) is 5.32 Å². The third-order valence-corrected chi connectivity index (χ3v) is 4.06. The first-order valence-electron chi connectivity index (χ1n) is 8.32. The quantitative estimate of drug-likeness (QED) is 0.757. The SMILES string of the molecule is COc1ccc(-c2cc(=O)c3c(NC(=O)C(C)(C)C)cccc3o2)cc1. The van der Waals surface area contributed by atoms with E-state index in [1.165, 1.54) is 6.07 Å². The molecule has 0 unspecified atom stereocenters. The van der Waals surface area contributed by atoms with Gasteiger partial charge in [-0.25, -0.2) is 0 Å². The van der Waals surface area contributed by atoms with Gasteiger partial charge in [-0.05, 0) is 36.4 Å². The molecule has 5 heteroatoms. The Morgan fingerprint density at radius 3 is 2.38 bits per heavy atom. The number of fused-ring (bicyclic) bond motifs is 1. The maximum absolute atomic E-state index is 12.7. The molecule has 1 heterocycles. The topological polar surface area (TPSA) is 68.5 Å². The van der Waals surface area contributed by atoms with Gasteiger partial charge in [0.05, 0.1) is 18.2 Å². The Morgan fingerprint density at radius 2 is 1.77 bits per heavy atom. The van der Waals surface area contributed by atoms with E-state index in [9.17, 15) is 9.59 Å². The molecule has 0 saturated carbocycles. The Morgan fingerprint density at radius 1 is 1.08 bits per heavy atom. The van der Waals surface area contributed by atoms with Gasteiger partial charge in [0, 0.05) is 17.0 Å². The molecular weight excluding hydrogens is 330 g/mol. The number of rotatable bonds is 3. The zero-order valence-electron chi connectivity index (χ0n) is 15.3. The average molecular weight is 351 g/mol. The molecule has 0 fully saturated rings. The molecule has 1 N–H and O–H groups in total. The van der Waals surface area contributed by atoms with E-state index in [0.717, 1.165) is 11.3 Å². The van der Waals surface area contributed by atoms with Gasteiger partial charge in [-0.3, -0.25) is 9.59 Å². The summed E-state index contributed by atoms with van der Waals surface area (Å²) in [4.78, 5) is 25.0. The van der Waals surface area contributed by atoms with Crippen LogP contribution in [0.5, 0.6) is 5.75 Å². The zero-order chi connectivity index (χ0) is 18.9. The van der Waals surface area contributed by atoms with Crippen molar-refractivity contribution >= 4 is 22.6 Å². The molecular formula is C21H21NO4. The minimum atomic E-state index is -0.564. The summed E-state index contributed by atoms with van der Waals surface area (Å²) >= 11 is 0. The first kappa shape index (κ1) is 17.7. The third kappa shape index (κ3) is 3.47. The maximum Gasteiger partial charge on any atom is 0.229 e. The van der Waals surface area contributed by atoms with Crippen molar-refractivity contribution in [1.29, 1.82) is 0 Å². The molecule has 0 saturated heterocycles. The van der Waals surface area contributed by atoms with E-state index in [0.29, 0.717) is 22.4 Å². The zero-order valence-corrected chi connectivity index (χ0v) is 15.3. The minimum absolute atomic E-state index is 0.163. The molecule has 5 nitrogen and oxygen atoms in total. The number of ether oxygens (including phenoxy) is 1. The second-order valence-electron chi connectivity index (χ2n) is 7.09. The van der Waals surface area contributed by atoms with E-state index >= 15 is 0 Å². The molecule has 26 heavy (non-hydrogen) atoms. The van der Waals surface area contributed by atoms with Crippen molar-refractivity contribution in [2.75, 3.05) is 12.4 Å². The molecule has 134 valence electrons. The molecule has 0 atom stereocenters. The van der Waals surface area contributed by atoms with E-state index in [1.54, 1.807) is 37.4 Å². The summed E-state index contributed by atoms with van der Waals surface area (Å²) in [7, 11) is 1.60. The Labute approximate surface area is 151 Å². The molecule has 0 radical (unpaired) electrons. The van der Waals surface area contributed by atoms with Crippen LogP contribution in [0.25, 0.3) is 22.3 Å². The molecule has 0 aliphatic carbocycles. The molecule has 2 aromatic carbocycles. The number of anilines is 1. The highest BCUT2D eigenvalue weighted by Crippen LogP contribution is 2.28. The van der Waals surface area contributed by atoms with Gasteiger partial charge >= 0.3 is 0 Å². The number of carbonyl (C=O) groups is 1.